The molecule has 7 nitrogen and oxygen atoms in total. The Balaban J connectivity index is 0.00000243. The Morgan fingerprint density at radius 2 is 2.04 bits per heavy atom. The predicted molar refractivity (Wildman–Crippen MR) is 112 cm³/mol. The zero-order chi connectivity index (χ0) is 17.3. The van der Waals surface area contributed by atoms with E-state index in [0.29, 0.717) is 38.9 Å². The molecular weight excluding hydrogens is 449 g/mol. The van der Waals surface area contributed by atoms with Gasteiger partial charge in [-0.05, 0) is 31.4 Å². The Hall–Kier alpha value is -1.26. The lowest BCUT2D eigenvalue weighted by molar-refractivity contribution is 0.0171. The summed E-state index contributed by atoms with van der Waals surface area (Å²) in [5.41, 5.74) is 6.77. The molecule has 1 aromatic rings. The highest BCUT2D eigenvalue weighted by Gasteiger charge is 2.15. The summed E-state index contributed by atoms with van der Waals surface area (Å²) in [4.78, 5) is 4.32. The van der Waals surface area contributed by atoms with Crippen LogP contribution >= 0.6 is 24.0 Å². The Labute approximate surface area is 171 Å². The third kappa shape index (κ3) is 6.81. The van der Waals surface area contributed by atoms with Gasteiger partial charge in [-0.1, -0.05) is 0 Å². The molecule has 0 amide bonds. The second-order valence-electron chi connectivity index (χ2n) is 6.17. The third-order valence-electron chi connectivity index (χ3n) is 4.08. The summed E-state index contributed by atoms with van der Waals surface area (Å²) in [5, 5.41) is 3.08. The predicted octanol–water partition coefficient (Wildman–Crippen LogP) is 2.78. The molecule has 0 bridgehead atoms. The maximum absolute atomic E-state index is 5.93. The molecule has 0 saturated carbocycles. The van der Waals surface area contributed by atoms with Gasteiger partial charge in [0.1, 0.15) is 0 Å². The van der Waals surface area contributed by atoms with Crippen LogP contribution in [0.2, 0.25) is 0 Å². The van der Waals surface area contributed by atoms with Crippen LogP contribution in [0.5, 0.6) is 11.5 Å². The van der Waals surface area contributed by atoms with Gasteiger partial charge in [0, 0.05) is 37.9 Å². The number of rotatable bonds is 7. The number of halogens is 1. The van der Waals surface area contributed by atoms with Crippen molar-refractivity contribution in [1.29, 1.82) is 0 Å². The van der Waals surface area contributed by atoms with Gasteiger partial charge in [0.05, 0.1) is 25.9 Å². The summed E-state index contributed by atoms with van der Waals surface area (Å²) in [6.07, 6.45) is 4.23. The second kappa shape index (κ2) is 11.5. The molecule has 1 saturated heterocycles. The molecule has 146 valence electrons. The molecule has 0 spiro atoms. The highest BCUT2D eigenvalue weighted by Crippen LogP contribution is 2.32. The molecule has 8 heteroatoms. The Bertz CT molecular complexity index is 580. The lowest BCUT2D eigenvalue weighted by Crippen LogP contribution is -2.23. The first-order valence-corrected chi connectivity index (χ1v) is 8.97. The van der Waals surface area contributed by atoms with Crippen LogP contribution < -0.4 is 20.5 Å². The summed E-state index contributed by atoms with van der Waals surface area (Å²) < 4.78 is 22.4. The molecule has 2 heterocycles. The van der Waals surface area contributed by atoms with Crippen LogP contribution in [0, 0.1) is 0 Å². The van der Waals surface area contributed by atoms with E-state index in [0.717, 1.165) is 49.5 Å². The minimum Gasteiger partial charge on any atom is -0.490 e. The van der Waals surface area contributed by atoms with Gasteiger partial charge < -0.3 is 30.0 Å². The van der Waals surface area contributed by atoms with Crippen LogP contribution in [-0.4, -0.2) is 51.6 Å². The van der Waals surface area contributed by atoms with E-state index in [4.69, 9.17) is 24.7 Å². The van der Waals surface area contributed by atoms with Crippen LogP contribution in [0.4, 0.5) is 5.69 Å². The molecule has 0 aromatic heterocycles. The monoisotopic (exact) mass is 477 g/mol. The molecule has 1 atom stereocenters. The molecule has 3 rings (SSSR count). The van der Waals surface area contributed by atoms with Crippen molar-refractivity contribution in [3.8, 4) is 11.5 Å². The average Bonchev–Trinajstić information content (AvgIpc) is 3.02. The van der Waals surface area contributed by atoms with E-state index in [1.165, 1.54) is 0 Å². The summed E-state index contributed by atoms with van der Waals surface area (Å²) in [7, 11) is 0. The molecule has 2 aliphatic heterocycles. The topological polar surface area (TPSA) is 87.3 Å². The minimum absolute atomic E-state index is 0. The summed E-state index contributed by atoms with van der Waals surface area (Å²) in [6, 6.07) is 5.67. The zero-order valence-corrected chi connectivity index (χ0v) is 17.3. The molecule has 3 N–H and O–H groups in total. The largest absolute Gasteiger partial charge is 0.490 e. The Kier molecular flexibility index (Phi) is 9.27. The smallest absolute Gasteiger partial charge is 0.193 e. The molecule has 0 aliphatic carbocycles. The lowest BCUT2D eigenvalue weighted by Gasteiger charge is -2.11. The summed E-state index contributed by atoms with van der Waals surface area (Å²) >= 11 is 0. The van der Waals surface area contributed by atoms with E-state index >= 15 is 0 Å². The quantitative estimate of drug-likeness (QED) is 0.272. The number of hydrogen-bond acceptors (Lipinski definition) is 5. The Morgan fingerprint density at radius 1 is 1.19 bits per heavy atom. The molecule has 1 unspecified atom stereocenters. The van der Waals surface area contributed by atoms with Crippen molar-refractivity contribution in [2.75, 3.05) is 44.9 Å². The number of aliphatic imine (C=N–C) groups is 1. The van der Waals surface area contributed by atoms with Crippen molar-refractivity contribution in [2.45, 2.75) is 31.8 Å². The van der Waals surface area contributed by atoms with Gasteiger partial charge in [-0.3, -0.25) is 4.99 Å². The van der Waals surface area contributed by atoms with Crippen LogP contribution in [0.15, 0.2) is 23.2 Å². The van der Waals surface area contributed by atoms with Crippen LogP contribution in [0.3, 0.4) is 0 Å². The van der Waals surface area contributed by atoms with Crippen molar-refractivity contribution >= 4 is 35.6 Å². The third-order valence-corrected chi connectivity index (χ3v) is 4.08. The number of nitrogens with two attached hydrogens (primary N) is 1. The number of nitrogens with zero attached hydrogens (tertiary/aromatic N) is 1. The van der Waals surface area contributed by atoms with Gasteiger partial charge in [0.15, 0.2) is 17.5 Å². The van der Waals surface area contributed by atoms with Gasteiger partial charge in [-0.15, -0.1) is 24.0 Å². The fourth-order valence-electron chi connectivity index (χ4n) is 2.79. The molecule has 26 heavy (non-hydrogen) atoms. The van der Waals surface area contributed by atoms with Crippen LogP contribution in [-0.2, 0) is 9.47 Å². The highest BCUT2D eigenvalue weighted by molar-refractivity contribution is 14.0. The van der Waals surface area contributed by atoms with Crippen molar-refractivity contribution in [2.24, 2.45) is 10.7 Å². The van der Waals surface area contributed by atoms with E-state index in [-0.39, 0.29) is 30.1 Å². The van der Waals surface area contributed by atoms with E-state index in [1.54, 1.807) is 0 Å². The highest BCUT2D eigenvalue weighted by atomic mass is 127. The number of guanidine groups is 1. The van der Waals surface area contributed by atoms with Gasteiger partial charge in [0.2, 0.25) is 0 Å². The van der Waals surface area contributed by atoms with E-state index in [2.05, 4.69) is 10.3 Å². The number of nitrogens with one attached hydrogen (secondary N) is 1. The Morgan fingerprint density at radius 3 is 2.85 bits per heavy atom. The average molecular weight is 477 g/mol. The second-order valence-corrected chi connectivity index (χ2v) is 6.17. The first-order chi connectivity index (χ1) is 12.3. The first-order valence-electron chi connectivity index (χ1n) is 8.97. The van der Waals surface area contributed by atoms with Gasteiger partial charge >= 0.3 is 0 Å². The van der Waals surface area contributed by atoms with Crippen molar-refractivity contribution in [3.05, 3.63) is 18.2 Å². The van der Waals surface area contributed by atoms with Crippen molar-refractivity contribution in [1.82, 2.24) is 0 Å². The number of benzene rings is 1. The SMILES string of the molecule is I.NC(=NCCCOCC1CCCO1)Nc1ccc2c(c1)OCCCO2. The normalized spacial score (nSPS) is 19.5. The maximum atomic E-state index is 5.93. The number of fused-ring (bicyclic) bond motifs is 1. The number of hydrogen-bond donors (Lipinski definition) is 2. The molecular formula is C18H28IN3O4. The van der Waals surface area contributed by atoms with Gasteiger partial charge in [0.25, 0.3) is 0 Å². The van der Waals surface area contributed by atoms with E-state index < -0.39 is 0 Å². The first kappa shape index (κ1) is 21.0. The zero-order valence-electron chi connectivity index (χ0n) is 14.9. The summed E-state index contributed by atoms with van der Waals surface area (Å²) in [5.74, 6) is 1.88. The minimum atomic E-state index is 0. The fraction of sp³-hybridized carbons (Fsp3) is 0.611. The summed E-state index contributed by atoms with van der Waals surface area (Å²) in [6.45, 7) is 4.16. The van der Waals surface area contributed by atoms with Gasteiger partial charge in [-0.2, -0.15) is 0 Å². The molecule has 1 aromatic carbocycles. The van der Waals surface area contributed by atoms with Crippen LogP contribution in [0.1, 0.15) is 25.7 Å². The van der Waals surface area contributed by atoms with Crippen molar-refractivity contribution < 1.29 is 18.9 Å². The van der Waals surface area contributed by atoms with Crippen LogP contribution in [0.25, 0.3) is 0 Å². The van der Waals surface area contributed by atoms with Gasteiger partial charge in [-0.25, -0.2) is 0 Å². The molecule has 2 aliphatic rings. The molecule has 0 radical (unpaired) electrons. The van der Waals surface area contributed by atoms with E-state index in [9.17, 15) is 0 Å². The van der Waals surface area contributed by atoms with E-state index in [1.807, 2.05) is 18.2 Å². The fourth-order valence-corrected chi connectivity index (χ4v) is 2.79. The van der Waals surface area contributed by atoms with Crippen molar-refractivity contribution in [3.63, 3.8) is 0 Å². The number of anilines is 1. The maximum Gasteiger partial charge on any atom is 0.193 e. The lowest BCUT2D eigenvalue weighted by atomic mass is 10.2. The number of ether oxygens (including phenoxy) is 4. The molecule has 1 fully saturated rings. The standard InChI is InChI=1S/C18H27N3O4.HI/c19-18(20-7-2-8-22-13-15-4-1-9-23-15)21-14-5-6-16-17(12-14)25-11-3-10-24-16;/h5-6,12,15H,1-4,7-11,13H2,(H3,19,20,21);1H.